The van der Waals surface area contributed by atoms with Gasteiger partial charge >= 0.3 is 6.18 Å². The number of H-pyrrole nitrogens is 1. The largest absolute Gasteiger partial charge is 0.417 e. The summed E-state index contributed by atoms with van der Waals surface area (Å²) in [6.45, 7) is 0.134. The summed E-state index contributed by atoms with van der Waals surface area (Å²) >= 11 is 0. The Labute approximate surface area is 173 Å². The maximum Gasteiger partial charge on any atom is 0.417 e. The molecule has 0 radical (unpaired) electrons. The van der Waals surface area contributed by atoms with Gasteiger partial charge in [-0.2, -0.15) is 13.2 Å². The van der Waals surface area contributed by atoms with Gasteiger partial charge in [-0.1, -0.05) is 35.4 Å². The van der Waals surface area contributed by atoms with Gasteiger partial charge in [-0.05, 0) is 41.1 Å². The van der Waals surface area contributed by atoms with Crippen LogP contribution in [-0.4, -0.2) is 23.5 Å². The number of pyridine rings is 1. The molecule has 3 aromatic rings. The number of fused-ring (bicyclic) bond motifs is 1. The van der Waals surface area contributed by atoms with Crippen LogP contribution in [0.15, 0.2) is 58.4 Å². The lowest BCUT2D eigenvalue weighted by Gasteiger charge is -2.14. The fourth-order valence-corrected chi connectivity index (χ4v) is 3.90. The molecule has 7 nitrogen and oxygen atoms in total. The lowest BCUT2D eigenvalue weighted by atomic mass is 9.93. The summed E-state index contributed by atoms with van der Waals surface area (Å²) in [6.07, 6.45) is -4.15. The van der Waals surface area contributed by atoms with Crippen molar-refractivity contribution in [1.82, 2.24) is 10.3 Å². The first kappa shape index (κ1) is 20.5. The van der Waals surface area contributed by atoms with Gasteiger partial charge < -0.3 is 10.3 Å². The van der Waals surface area contributed by atoms with Crippen LogP contribution in [0.4, 0.5) is 13.2 Å². The molecule has 1 aliphatic heterocycles. The number of alkyl halides is 3. The number of benzene rings is 2. The second-order valence-electron chi connectivity index (χ2n) is 7.31. The van der Waals surface area contributed by atoms with E-state index >= 15 is 0 Å². The van der Waals surface area contributed by atoms with Crippen LogP contribution in [0.2, 0.25) is 0 Å². The number of hydrogen-bond donors (Lipinski definition) is 2. The summed E-state index contributed by atoms with van der Waals surface area (Å²) in [5.41, 5.74) is 7.61. The van der Waals surface area contributed by atoms with Crippen LogP contribution in [0, 0.1) is 0 Å². The highest BCUT2D eigenvalue weighted by Gasteiger charge is 2.34. The van der Waals surface area contributed by atoms with Crippen LogP contribution in [0.1, 0.15) is 23.5 Å². The third-order valence-electron chi connectivity index (χ3n) is 5.34. The third kappa shape index (κ3) is 3.97. The average molecular weight is 427 g/mol. The summed E-state index contributed by atoms with van der Waals surface area (Å²) in [5, 5.41) is 6.97. The van der Waals surface area contributed by atoms with Gasteiger partial charge in [0.25, 0.3) is 5.56 Å². The number of halogens is 3. The Bertz CT molecular complexity index is 1280. The molecule has 1 aliphatic rings. The van der Waals surface area contributed by atoms with E-state index < -0.39 is 23.2 Å². The van der Waals surface area contributed by atoms with Crippen molar-refractivity contribution < 1.29 is 18.0 Å². The predicted octanol–water partition coefficient (Wildman–Crippen LogP) is 4.50. The molecule has 0 spiro atoms. The summed E-state index contributed by atoms with van der Waals surface area (Å²) in [5.74, 6) is -0.738. The Morgan fingerprint density at radius 1 is 1.13 bits per heavy atom. The molecule has 2 aromatic carbocycles. The molecule has 1 fully saturated rings. The van der Waals surface area contributed by atoms with Crippen molar-refractivity contribution in [2.24, 2.45) is 5.11 Å². The van der Waals surface area contributed by atoms with Gasteiger partial charge in [0.15, 0.2) is 0 Å². The molecule has 2 atom stereocenters. The van der Waals surface area contributed by atoms with Crippen LogP contribution in [0.25, 0.3) is 32.5 Å². The molecule has 2 heterocycles. The van der Waals surface area contributed by atoms with Crippen LogP contribution < -0.4 is 10.9 Å². The molecule has 0 aliphatic carbocycles. The Hall–Kier alpha value is -3.78. The van der Waals surface area contributed by atoms with Crippen LogP contribution in [0.3, 0.4) is 0 Å². The third-order valence-corrected chi connectivity index (χ3v) is 5.34. The van der Waals surface area contributed by atoms with Crippen LogP contribution in [-0.2, 0) is 11.0 Å². The number of carbonyl (C=O) groups excluding carboxylic acids is 1. The molecular weight excluding hydrogens is 411 g/mol. The number of aromatic amines is 1. The summed E-state index contributed by atoms with van der Waals surface area (Å²) in [4.78, 5) is 30.2. The average Bonchev–Trinajstić information content (AvgIpc) is 3.12. The van der Waals surface area contributed by atoms with Crippen molar-refractivity contribution in [1.29, 1.82) is 0 Å². The van der Waals surface area contributed by atoms with E-state index in [4.69, 9.17) is 5.53 Å². The van der Waals surface area contributed by atoms with E-state index in [9.17, 15) is 22.8 Å². The summed E-state index contributed by atoms with van der Waals surface area (Å²) in [7, 11) is 0. The van der Waals surface area contributed by atoms with E-state index in [1.807, 2.05) is 0 Å². The molecule has 1 aromatic heterocycles. The second kappa shape index (κ2) is 7.81. The van der Waals surface area contributed by atoms with Crippen molar-refractivity contribution in [2.45, 2.75) is 24.6 Å². The molecule has 0 bridgehead atoms. The first-order valence-corrected chi connectivity index (χ1v) is 9.42. The van der Waals surface area contributed by atoms with Gasteiger partial charge in [-0.15, -0.1) is 0 Å². The summed E-state index contributed by atoms with van der Waals surface area (Å²) < 4.78 is 40.1. The van der Waals surface area contributed by atoms with Gasteiger partial charge in [0.05, 0.1) is 11.5 Å². The van der Waals surface area contributed by atoms with E-state index in [2.05, 4.69) is 20.3 Å². The van der Waals surface area contributed by atoms with Crippen LogP contribution in [0.5, 0.6) is 0 Å². The highest BCUT2D eigenvalue weighted by atomic mass is 19.4. The SMILES string of the molecule is [N-]=[N+]=NCC1CC(c2ccc3cc(-c4ccccc4C(F)(F)F)[nH]c(=O)c3c2)C(=O)N1. The van der Waals surface area contributed by atoms with Crippen molar-refractivity contribution in [3.05, 3.63) is 80.5 Å². The highest BCUT2D eigenvalue weighted by Crippen LogP contribution is 2.37. The lowest BCUT2D eigenvalue weighted by Crippen LogP contribution is -2.28. The number of nitrogens with zero attached hydrogens (tertiary/aromatic N) is 3. The molecule has 4 rings (SSSR count). The zero-order chi connectivity index (χ0) is 22.2. The standard InChI is InChI=1S/C21H16F3N5O2/c22-21(23,24)17-4-2-1-3-14(17)18-8-12-6-5-11(7-15(12)20(31)28-18)16-9-13(10-26-29-25)27-19(16)30/h1-8,13,16H,9-10H2,(H,27,30)(H,28,31). The molecule has 1 saturated heterocycles. The number of carbonyl (C=O) groups is 1. The zero-order valence-corrected chi connectivity index (χ0v) is 16.0. The quantitative estimate of drug-likeness (QED) is 0.363. The van der Waals surface area contributed by atoms with Crippen molar-refractivity contribution >= 4 is 16.7 Å². The fourth-order valence-electron chi connectivity index (χ4n) is 3.90. The van der Waals surface area contributed by atoms with E-state index in [0.29, 0.717) is 17.4 Å². The number of amides is 1. The number of hydrogen-bond acceptors (Lipinski definition) is 3. The van der Waals surface area contributed by atoms with Gasteiger partial charge in [0.1, 0.15) is 0 Å². The van der Waals surface area contributed by atoms with Crippen LogP contribution >= 0.6 is 0 Å². The topological polar surface area (TPSA) is 111 Å². The predicted molar refractivity (Wildman–Crippen MR) is 108 cm³/mol. The Balaban J connectivity index is 1.73. The molecule has 31 heavy (non-hydrogen) atoms. The maximum atomic E-state index is 13.4. The van der Waals surface area contributed by atoms with Gasteiger partial charge in [-0.3, -0.25) is 9.59 Å². The van der Waals surface area contributed by atoms with Gasteiger partial charge in [-0.25, -0.2) is 0 Å². The maximum absolute atomic E-state index is 13.4. The second-order valence-corrected chi connectivity index (χ2v) is 7.31. The smallest absolute Gasteiger partial charge is 0.353 e. The number of rotatable bonds is 4. The van der Waals surface area contributed by atoms with E-state index in [1.54, 1.807) is 18.2 Å². The monoisotopic (exact) mass is 427 g/mol. The molecule has 2 unspecified atom stereocenters. The van der Waals surface area contributed by atoms with E-state index in [0.717, 1.165) is 6.07 Å². The molecular formula is C21H16F3N5O2. The Morgan fingerprint density at radius 3 is 2.65 bits per heavy atom. The molecule has 1 amide bonds. The van der Waals surface area contributed by atoms with Crippen molar-refractivity contribution in [2.75, 3.05) is 6.54 Å². The first-order valence-electron chi connectivity index (χ1n) is 9.42. The van der Waals surface area contributed by atoms with Crippen molar-refractivity contribution in [3.8, 4) is 11.3 Å². The number of nitrogens with one attached hydrogen (secondary N) is 2. The molecule has 158 valence electrons. The number of azide groups is 1. The fraction of sp³-hybridized carbons (Fsp3) is 0.238. The Morgan fingerprint density at radius 2 is 1.90 bits per heavy atom. The zero-order valence-electron chi connectivity index (χ0n) is 16.0. The highest BCUT2D eigenvalue weighted by molar-refractivity contribution is 5.90. The first-order chi connectivity index (χ1) is 14.8. The minimum atomic E-state index is -4.56. The number of aromatic nitrogens is 1. The molecule has 0 saturated carbocycles. The molecule has 2 N–H and O–H groups in total. The summed E-state index contributed by atoms with van der Waals surface area (Å²) in [6, 6.07) is 11.1. The Kier molecular flexibility index (Phi) is 5.16. The molecule has 10 heteroatoms. The van der Waals surface area contributed by atoms with E-state index in [-0.39, 0.29) is 35.1 Å². The lowest BCUT2D eigenvalue weighted by molar-refractivity contribution is -0.137. The van der Waals surface area contributed by atoms with Gasteiger partial charge in [0.2, 0.25) is 5.91 Å². The minimum Gasteiger partial charge on any atom is -0.353 e. The van der Waals surface area contributed by atoms with Crippen molar-refractivity contribution in [3.63, 3.8) is 0 Å². The van der Waals surface area contributed by atoms with E-state index in [1.165, 1.54) is 24.3 Å². The normalized spacial score (nSPS) is 18.6. The minimum absolute atomic E-state index is 0.0613. The van der Waals surface area contributed by atoms with Gasteiger partial charge in [0, 0.05) is 34.1 Å².